The van der Waals surface area contributed by atoms with Gasteiger partial charge in [0.1, 0.15) is 12.4 Å². The minimum absolute atomic E-state index is 0. The van der Waals surface area contributed by atoms with Crippen molar-refractivity contribution in [2.45, 2.75) is 19.1 Å². The summed E-state index contributed by atoms with van der Waals surface area (Å²) in [5.74, 6) is 1.90. The number of nitrogens with zero attached hydrogens (tertiary/aromatic N) is 2. The van der Waals surface area contributed by atoms with Gasteiger partial charge in [0.15, 0.2) is 0 Å². The second-order valence-electron chi connectivity index (χ2n) is 7.46. The summed E-state index contributed by atoms with van der Waals surface area (Å²) in [5.41, 5.74) is 9.68. The topological polar surface area (TPSA) is 51.4 Å². The molecule has 0 amide bonds. The first-order chi connectivity index (χ1) is 13.8. The Hall–Kier alpha value is -2.40. The molecule has 1 aromatic heterocycles. The van der Waals surface area contributed by atoms with E-state index in [1.165, 1.54) is 11.1 Å². The van der Waals surface area contributed by atoms with E-state index in [0.717, 1.165) is 37.6 Å². The fourth-order valence-corrected chi connectivity index (χ4v) is 4.04. The number of aromatic nitrogens is 1. The predicted octanol–water partition coefficient (Wildman–Crippen LogP) is 4.26. The van der Waals surface area contributed by atoms with E-state index >= 15 is 0 Å². The molecule has 2 heterocycles. The Labute approximate surface area is 179 Å². The van der Waals surface area contributed by atoms with Crippen LogP contribution in [0.25, 0.3) is 0 Å². The molecule has 152 valence electrons. The zero-order valence-corrected chi connectivity index (χ0v) is 17.3. The predicted molar refractivity (Wildman–Crippen MR) is 119 cm³/mol. The van der Waals surface area contributed by atoms with Crippen molar-refractivity contribution in [1.82, 2.24) is 9.88 Å². The first-order valence-electron chi connectivity index (χ1n) is 9.91. The van der Waals surface area contributed by atoms with Crippen LogP contribution >= 0.6 is 12.4 Å². The molecule has 4 rings (SSSR count). The van der Waals surface area contributed by atoms with Gasteiger partial charge in [-0.05, 0) is 47.9 Å². The average molecular weight is 410 g/mol. The number of nitrogens with two attached hydrogens (primary N) is 1. The van der Waals surface area contributed by atoms with Crippen molar-refractivity contribution in [2.75, 3.05) is 19.6 Å². The van der Waals surface area contributed by atoms with Gasteiger partial charge in [-0.1, -0.05) is 48.5 Å². The normalized spacial score (nSPS) is 18.9. The van der Waals surface area contributed by atoms with Gasteiger partial charge in [-0.3, -0.25) is 9.88 Å². The SMILES string of the molecule is Cl.NC[C@@H]1CN(Cc2cccc(OCc3ccccn3)c2)C[C@H]1c1ccccc1. The highest BCUT2D eigenvalue weighted by Crippen LogP contribution is 2.33. The van der Waals surface area contributed by atoms with Crippen molar-refractivity contribution in [3.8, 4) is 5.75 Å². The maximum atomic E-state index is 6.08. The molecular weight excluding hydrogens is 382 g/mol. The Morgan fingerprint density at radius 3 is 2.55 bits per heavy atom. The molecule has 5 heteroatoms. The van der Waals surface area contributed by atoms with E-state index in [1.807, 2.05) is 24.3 Å². The molecule has 2 N–H and O–H groups in total. The molecular formula is C24H28ClN3O. The largest absolute Gasteiger partial charge is 0.487 e. The Kier molecular flexibility index (Phi) is 7.64. The van der Waals surface area contributed by atoms with Crippen LogP contribution in [0.5, 0.6) is 5.75 Å². The molecule has 1 aliphatic rings. The van der Waals surface area contributed by atoms with Gasteiger partial charge in [-0.25, -0.2) is 0 Å². The molecule has 3 aromatic rings. The maximum Gasteiger partial charge on any atom is 0.130 e. The van der Waals surface area contributed by atoms with Crippen molar-refractivity contribution < 1.29 is 4.74 Å². The summed E-state index contributed by atoms with van der Waals surface area (Å²) in [7, 11) is 0. The van der Waals surface area contributed by atoms with Crippen LogP contribution in [0.15, 0.2) is 79.0 Å². The molecule has 0 radical (unpaired) electrons. The summed E-state index contributed by atoms with van der Waals surface area (Å²) in [6, 6.07) is 25.0. The molecule has 1 aliphatic heterocycles. The van der Waals surface area contributed by atoms with Gasteiger partial charge in [0.2, 0.25) is 0 Å². The Balaban J connectivity index is 0.00000240. The monoisotopic (exact) mass is 409 g/mol. The van der Waals surface area contributed by atoms with Crippen molar-refractivity contribution in [2.24, 2.45) is 11.7 Å². The summed E-state index contributed by atoms with van der Waals surface area (Å²) in [6.45, 7) is 4.21. The number of benzene rings is 2. The highest BCUT2D eigenvalue weighted by Gasteiger charge is 2.32. The van der Waals surface area contributed by atoms with E-state index < -0.39 is 0 Å². The van der Waals surface area contributed by atoms with Gasteiger partial charge < -0.3 is 10.5 Å². The number of rotatable bonds is 7. The van der Waals surface area contributed by atoms with Crippen LogP contribution in [0.2, 0.25) is 0 Å². The molecule has 29 heavy (non-hydrogen) atoms. The lowest BCUT2D eigenvalue weighted by atomic mass is 9.89. The Morgan fingerprint density at radius 1 is 0.966 bits per heavy atom. The standard InChI is InChI=1S/C24H27N3O.ClH/c25-14-21-16-27(17-24(21)20-8-2-1-3-9-20)15-19-7-6-11-23(13-19)28-18-22-10-4-5-12-26-22;/h1-13,21,24H,14-18,25H2;1H/t21-,24+;/m1./s1. The molecule has 0 bridgehead atoms. The second kappa shape index (κ2) is 10.4. The third-order valence-corrected chi connectivity index (χ3v) is 5.46. The summed E-state index contributed by atoms with van der Waals surface area (Å²) in [4.78, 5) is 6.82. The molecule has 0 unspecified atom stereocenters. The molecule has 0 aliphatic carbocycles. The van der Waals surface area contributed by atoms with Crippen LogP contribution < -0.4 is 10.5 Å². The molecule has 2 atom stereocenters. The number of pyridine rings is 1. The van der Waals surface area contributed by atoms with Gasteiger partial charge >= 0.3 is 0 Å². The van der Waals surface area contributed by atoms with E-state index in [0.29, 0.717) is 18.4 Å². The summed E-state index contributed by atoms with van der Waals surface area (Å²) >= 11 is 0. The van der Waals surface area contributed by atoms with Crippen LogP contribution in [0.1, 0.15) is 22.7 Å². The Bertz CT molecular complexity index is 876. The number of likely N-dealkylation sites (tertiary alicyclic amines) is 1. The van der Waals surface area contributed by atoms with Crippen molar-refractivity contribution in [1.29, 1.82) is 0 Å². The van der Waals surface area contributed by atoms with Crippen molar-refractivity contribution in [3.05, 3.63) is 95.8 Å². The molecule has 0 spiro atoms. The minimum atomic E-state index is 0. The number of hydrogen-bond acceptors (Lipinski definition) is 4. The molecule has 2 aromatic carbocycles. The highest BCUT2D eigenvalue weighted by atomic mass is 35.5. The molecule has 4 nitrogen and oxygen atoms in total. The number of ether oxygens (including phenoxy) is 1. The molecule has 1 fully saturated rings. The van der Waals surface area contributed by atoms with Crippen molar-refractivity contribution in [3.63, 3.8) is 0 Å². The highest BCUT2D eigenvalue weighted by molar-refractivity contribution is 5.85. The maximum absolute atomic E-state index is 6.08. The molecule has 0 saturated carbocycles. The third kappa shape index (κ3) is 5.57. The number of halogens is 1. The smallest absolute Gasteiger partial charge is 0.130 e. The minimum Gasteiger partial charge on any atom is -0.487 e. The summed E-state index contributed by atoms with van der Waals surface area (Å²) < 4.78 is 5.93. The lowest BCUT2D eigenvalue weighted by molar-refractivity contribution is 0.297. The van der Waals surface area contributed by atoms with Crippen LogP contribution in [0, 0.1) is 5.92 Å². The van der Waals surface area contributed by atoms with Crippen LogP contribution in [0.3, 0.4) is 0 Å². The second-order valence-corrected chi connectivity index (χ2v) is 7.46. The first kappa shape index (κ1) is 21.3. The zero-order valence-electron chi connectivity index (χ0n) is 16.5. The lowest BCUT2D eigenvalue weighted by Crippen LogP contribution is -2.23. The van der Waals surface area contributed by atoms with Gasteiger partial charge in [0.25, 0.3) is 0 Å². The van der Waals surface area contributed by atoms with Gasteiger partial charge in [0.05, 0.1) is 5.69 Å². The average Bonchev–Trinajstić information content (AvgIpc) is 3.17. The lowest BCUT2D eigenvalue weighted by Gasteiger charge is -2.17. The fraction of sp³-hybridized carbons (Fsp3) is 0.292. The van der Waals surface area contributed by atoms with Crippen molar-refractivity contribution >= 4 is 12.4 Å². The van der Waals surface area contributed by atoms with E-state index in [-0.39, 0.29) is 12.4 Å². The fourth-order valence-electron chi connectivity index (χ4n) is 4.04. The third-order valence-electron chi connectivity index (χ3n) is 5.46. The van der Waals surface area contributed by atoms with Gasteiger partial charge in [-0.2, -0.15) is 0 Å². The Morgan fingerprint density at radius 2 is 1.79 bits per heavy atom. The summed E-state index contributed by atoms with van der Waals surface area (Å²) in [5, 5.41) is 0. The van der Waals surface area contributed by atoms with E-state index in [4.69, 9.17) is 10.5 Å². The summed E-state index contributed by atoms with van der Waals surface area (Å²) in [6.07, 6.45) is 1.79. The van der Waals surface area contributed by atoms with Crippen LogP contribution in [-0.2, 0) is 13.2 Å². The van der Waals surface area contributed by atoms with Gasteiger partial charge in [-0.15, -0.1) is 12.4 Å². The van der Waals surface area contributed by atoms with Gasteiger partial charge in [0, 0.05) is 31.7 Å². The molecule has 1 saturated heterocycles. The zero-order chi connectivity index (χ0) is 19.2. The van der Waals surface area contributed by atoms with E-state index in [9.17, 15) is 0 Å². The quantitative estimate of drug-likeness (QED) is 0.633. The van der Waals surface area contributed by atoms with E-state index in [2.05, 4.69) is 58.4 Å². The van der Waals surface area contributed by atoms with Crippen LogP contribution in [0.4, 0.5) is 0 Å². The first-order valence-corrected chi connectivity index (χ1v) is 9.91. The van der Waals surface area contributed by atoms with E-state index in [1.54, 1.807) is 6.20 Å². The van der Waals surface area contributed by atoms with Crippen LogP contribution in [-0.4, -0.2) is 29.5 Å². The number of hydrogen-bond donors (Lipinski definition) is 1.